The van der Waals surface area contributed by atoms with Crippen molar-refractivity contribution in [3.05, 3.63) is 42.6 Å². The number of hydrogen-bond acceptors (Lipinski definition) is 5. The van der Waals surface area contributed by atoms with Gasteiger partial charge in [-0.25, -0.2) is 9.97 Å². The second-order valence-electron chi connectivity index (χ2n) is 5.63. The van der Waals surface area contributed by atoms with Crippen molar-refractivity contribution in [1.82, 2.24) is 9.97 Å². The molecule has 0 atom stereocenters. The molecule has 1 aliphatic rings. The van der Waals surface area contributed by atoms with E-state index in [2.05, 4.69) is 46.5 Å². The average Bonchev–Trinajstić information content (AvgIpc) is 2.60. The Labute approximate surface area is 147 Å². The topological polar surface area (TPSA) is 50.3 Å². The number of nitrogens with zero attached hydrogens (tertiary/aromatic N) is 3. The van der Waals surface area contributed by atoms with Crippen molar-refractivity contribution in [2.24, 2.45) is 0 Å². The predicted molar refractivity (Wildman–Crippen MR) is 101 cm³/mol. The third-order valence-electron chi connectivity index (χ3n) is 4.18. The summed E-state index contributed by atoms with van der Waals surface area (Å²) in [6.07, 6.45) is 1.84. The first-order chi connectivity index (χ1) is 11.3. The van der Waals surface area contributed by atoms with E-state index in [-0.39, 0.29) is 12.4 Å². The molecule has 1 aromatic carbocycles. The van der Waals surface area contributed by atoms with Gasteiger partial charge in [0.2, 0.25) is 0 Å². The lowest BCUT2D eigenvalue weighted by Crippen LogP contribution is -2.29. The Bertz CT molecular complexity index is 884. The Hall–Kier alpha value is -2.53. The Balaban J connectivity index is 0.00000169. The van der Waals surface area contributed by atoms with Crippen molar-refractivity contribution in [3.8, 4) is 17.0 Å². The number of nitrogens with one attached hydrogen (secondary N) is 1. The van der Waals surface area contributed by atoms with Crippen LogP contribution in [0.2, 0.25) is 0 Å². The predicted octanol–water partition coefficient (Wildman–Crippen LogP) is 3.59. The van der Waals surface area contributed by atoms with Gasteiger partial charge in [-0.15, -0.1) is 12.4 Å². The molecule has 0 unspecified atom stereocenters. The number of pyridine rings is 2. The number of halogens is 1. The van der Waals surface area contributed by atoms with Crippen molar-refractivity contribution < 1.29 is 4.74 Å². The summed E-state index contributed by atoms with van der Waals surface area (Å²) in [5.41, 5.74) is 3.97. The molecule has 0 saturated heterocycles. The summed E-state index contributed by atoms with van der Waals surface area (Å²) in [6.45, 7) is 1.60. The van der Waals surface area contributed by atoms with E-state index in [4.69, 9.17) is 9.72 Å². The van der Waals surface area contributed by atoms with Gasteiger partial charge in [-0.3, -0.25) is 0 Å². The summed E-state index contributed by atoms with van der Waals surface area (Å²) in [7, 11) is 3.94. The van der Waals surface area contributed by atoms with Gasteiger partial charge < -0.3 is 15.0 Å². The van der Waals surface area contributed by atoms with Crippen LogP contribution in [-0.4, -0.2) is 37.2 Å². The summed E-state index contributed by atoms with van der Waals surface area (Å²) < 4.78 is 5.93. The van der Waals surface area contributed by atoms with Crippen LogP contribution in [0, 0.1) is 0 Å². The van der Waals surface area contributed by atoms with Gasteiger partial charge in [0.15, 0.2) is 5.75 Å². The number of anilines is 2. The van der Waals surface area contributed by atoms with Crippen molar-refractivity contribution in [2.45, 2.75) is 0 Å². The number of aromatic nitrogens is 2. The normalized spacial score (nSPS) is 13.0. The summed E-state index contributed by atoms with van der Waals surface area (Å²) in [5.74, 6) is 1.73. The van der Waals surface area contributed by atoms with Gasteiger partial charge in [0.05, 0.1) is 23.4 Å². The minimum absolute atomic E-state index is 0. The zero-order chi connectivity index (χ0) is 15.8. The van der Waals surface area contributed by atoms with Gasteiger partial charge in [0.1, 0.15) is 12.4 Å². The van der Waals surface area contributed by atoms with Crippen LogP contribution in [0.5, 0.6) is 5.75 Å². The third kappa shape index (κ3) is 2.71. The minimum atomic E-state index is 0. The first kappa shape index (κ1) is 16.3. The Kier molecular flexibility index (Phi) is 4.44. The molecular weight excluding hydrogens is 324 g/mol. The Morgan fingerprint density at radius 1 is 1.21 bits per heavy atom. The third-order valence-corrected chi connectivity index (χ3v) is 4.18. The zero-order valence-electron chi connectivity index (χ0n) is 13.6. The highest BCUT2D eigenvalue weighted by atomic mass is 35.5. The van der Waals surface area contributed by atoms with Crippen LogP contribution in [0.15, 0.2) is 42.6 Å². The van der Waals surface area contributed by atoms with Crippen molar-refractivity contribution in [1.29, 1.82) is 0 Å². The lowest BCUT2D eigenvalue weighted by atomic mass is 10.1. The fraction of sp³-hybridized carbons (Fsp3) is 0.222. The molecule has 0 bridgehead atoms. The lowest BCUT2D eigenvalue weighted by molar-refractivity contribution is 0.312. The van der Waals surface area contributed by atoms with E-state index in [9.17, 15) is 0 Å². The lowest BCUT2D eigenvalue weighted by Gasteiger charge is -2.29. The fourth-order valence-electron chi connectivity index (χ4n) is 2.89. The molecule has 124 valence electrons. The standard InChI is InChI=1S/C18H18N4O.ClH/c1-19-17-10-15-12(11-20-17)6-7-14(21-15)13-4-3-5-16-18(13)23-9-8-22(16)2;/h3-7,10-11H,8-9H2,1-2H3,(H,19,20);1H. The number of rotatable bonds is 2. The molecule has 3 aromatic rings. The smallest absolute Gasteiger partial charge is 0.152 e. The van der Waals surface area contributed by atoms with Crippen LogP contribution >= 0.6 is 12.4 Å². The number of benzene rings is 1. The minimum Gasteiger partial charge on any atom is -0.489 e. The first-order valence-corrected chi connectivity index (χ1v) is 7.68. The zero-order valence-corrected chi connectivity index (χ0v) is 14.4. The summed E-state index contributed by atoms with van der Waals surface area (Å²) >= 11 is 0. The molecule has 2 aromatic heterocycles. The van der Waals surface area contributed by atoms with E-state index in [0.29, 0.717) is 6.61 Å². The maximum atomic E-state index is 5.93. The number of likely N-dealkylation sites (N-methyl/N-ethyl adjacent to an activating group) is 1. The van der Waals surface area contributed by atoms with Gasteiger partial charge >= 0.3 is 0 Å². The first-order valence-electron chi connectivity index (χ1n) is 7.68. The van der Waals surface area contributed by atoms with Crippen molar-refractivity contribution in [2.75, 3.05) is 37.5 Å². The number of fused-ring (bicyclic) bond motifs is 2. The van der Waals surface area contributed by atoms with E-state index in [1.54, 1.807) is 0 Å². The molecule has 0 amide bonds. The number of para-hydroxylation sites is 1. The average molecular weight is 343 g/mol. The maximum absolute atomic E-state index is 5.93. The monoisotopic (exact) mass is 342 g/mol. The van der Waals surface area contributed by atoms with Crippen LogP contribution in [-0.2, 0) is 0 Å². The molecular formula is C18H19ClN4O. The van der Waals surface area contributed by atoms with E-state index < -0.39 is 0 Å². The van der Waals surface area contributed by atoms with Crippen molar-refractivity contribution in [3.63, 3.8) is 0 Å². The van der Waals surface area contributed by atoms with E-state index >= 15 is 0 Å². The molecule has 0 aliphatic carbocycles. The van der Waals surface area contributed by atoms with E-state index in [1.807, 2.05) is 25.4 Å². The SMILES string of the molecule is CNc1cc2nc(-c3cccc4c3OCCN4C)ccc2cn1.Cl. The molecule has 4 rings (SSSR count). The quantitative estimate of drug-likeness (QED) is 0.771. The fourth-order valence-corrected chi connectivity index (χ4v) is 2.89. The second kappa shape index (κ2) is 6.53. The van der Waals surface area contributed by atoms with Crippen LogP contribution in [0.4, 0.5) is 11.5 Å². The molecule has 0 radical (unpaired) electrons. The maximum Gasteiger partial charge on any atom is 0.152 e. The second-order valence-corrected chi connectivity index (χ2v) is 5.63. The van der Waals surface area contributed by atoms with Gasteiger partial charge in [-0.1, -0.05) is 6.07 Å². The molecule has 24 heavy (non-hydrogen) atoms. The van der Waals surface area contributed by atoms with Crippen LogP contribution in [0.25, 0.3) is 22.2 Å². The molecule has 0 spiro atoms. The van der Waals surface area contributed by atoms with Crippen LogP contribution in [0.3, 0.4) is 0 Å². The molecule has 6 heteroatoms. The van der Waals surface area contributed by atoms with Crippen molar-refractivity contribution >= 4 is 34.8 Å². The highest BCUT2D eigenvalue weighted by Crippen LogP contribution is 2.39. The van der Waals surface area contributed by atoms with Gasteiger partial charge in [-0.2, -0.15) is 0 Å². The summed E-state index contributed by atoms with van der Waals surface area (Å²) in [4.78, 5) is 11.3. The molecule has 5 nitrogen and oxygen atoms in total. The van der Waals surface area contributed by atoms with E-state index in [0.717, 1.165) is 46.0 Å². The van der Waals surface area contributed by atoms with Gasteiger partial charge in [-0.05, 0) is 24.3 Å². The number of ether oxygens (including phenoxy) is 1. The Morgan fingerprint density at radius 2 is 2.08 bits per heavy atom. The molecule has 3 heterocycles. The highest BCUT2D eigenvalue weighted by Gasteiger charge is 2.19. The molecule has 0 saturated carbocycles. The van der Waals surface area contributed by atoms with Gasteiger partial charge in [0, 0.05) is 37.3 Å². The molecule has 0 fully saturated rings. The van der Waals surface area contributed by atoms with Crippen LogP contribution < -0.4 is 15.0 Å². The molecule has 1 aliphatic heterocycles. The summed E-state index contributed by atoms with van der Waals surface area (Å²) in [5, 5.41) is 4.08. The molecule has 1 N–H and O–H groups in total. The highest BCUT2D eigenvalue weighted by molar-refractivity contribution is 5.86. The summed E-state index contributed by atoms with van der Waals surface area (Å²) in [6, 6.07) is 12.2. The largest absolute Gasteiger partial charge is 0.489 e. The number of hydrogen-bond donors (Lipinski definition) is 1. The van der Waals surface area contributed by atoms with Crippen LogP contribution in [0.1, 0.15) is 0 Å². The van der Waals surface area contributed by atoms with Gasteiger partial charge in [0.25, 0.3) is 0 Å². The van der Waals surface area contributed by atoms with E-state index in [1.165, 1.54) is 0 Å². The Morgan fingerprint density at radius 3 is 2.92 bits per heavy atom.